The van der Waals surface area contributed by atoms with Crippen molar-refractivity contribution < 1.29 is 18.0 Å². The van der Waals surface area contributed by atoms with Crippen molar-refractivity contribution in [3.05, 3.63) is 36.0 Å². The number of ketones is 1. The standard InChI is InChI=1S/C20H24F3NO/c1-18(2)17(19(18,3)4)16(25)14-12-24(11-7-10-20(21,22)23)15-9-6-5-8-13(14)15/h5-6,8-9,12,17H,7,10-11H2,1-4H3. The number of para-hydroxylation sites is 1. The van der Waals surface area contributed by atoms with E-state index in [1.54, 1.807) is 10.8 Å². The van der Waals surface area contributed by atoms with E-state index in [9.17, 15) is 18.0 Å². The molecule has 0 unspecified atom stereocenters. The lowest BCUT2D eigenvalue weighted by molar-refractivity contribution is -0.135. The molecule has 0 N–H and O–H groups in total. The molecule has 0 radical (unpaired) electrons. The van der Waals surface area contributed by atoms with Gasteiger partial charge in [-0.15, -0.1) is 0 Å². The Kier molecular flexibility index (Phi) is 4.05. The number of hydrogen-bond donors (Lipinski definition) is 0. The Morgan fingerprint density at radius 3 is 2.28 bits per heavy atom. The number of hydrogen-bond acceptors (Lipinski definition) is 1. The van der Waals surface area contributed by atoms with Crippen LogP contribution in [0.2, 0.25) is 0 Å². The average molecular weight is 351 g/mol. The van der Waals surface area contributed by atoms with Crippen LogP contribution in [0.25, 0.3) is 10.9 Å². The summed E-state index contributed by atoms with van der Waals surface area (Å²) in [5.74, 6) is 0.0372. The average Bonchev–Trinajstić information content (AvgIpc) is 2.79. The molecule has 0 spiro atoms. The van der Waals surface area contributed by atoms with Gasteiger partial charge in [-0.3, -0.25) is 4.79 Å². The summed E-state index contributed by atoms with van der Waals surface area (Å²) in [6.45, 7) is 8.64. The molecule has 1 aliphatic rings. The number of rotatable bonds is 5. The van der Waals surface area contributed by atoms with Crippen molar-refractivity contribution in [3.63, 3.8) is 0 Å². The molecule has 136 valence electrons. The van der Waals surface area contributed by atoms with Crippen LogP contribution in [-0.2, 0) is 6.54 Å². The van der Waals surface area contributed by atoms with E-state index < -0.39 is 12.6 Å². The topological polar surface area (TPSA) is 22.0 Å². The minimum atomic E-state index is -4.15. The van der Waals surface area contributed by atoms with Gasteiger partial charge >= 0.3 is 6.18 Å². The second-order valence-electron chi connectivity index (χ2n) is 8.21. The molecule has 2 nitrogen and oxygen atoms in total. The van der Waals surface area contributed by atoms with E-state index >= 15 is 0 Å². The van der Waals surface area contributed by atoms with Crippen LogP contribution >= 0.6 is 0 Å². The van der Waals surface area contributed by atoms with Gasteiger partial charge in [-0.05, 0) is 23.3 Å². The fourth-order valence-corrected chi connectivity index (χ4v) is 4.09. The van der Waals surface area contributed by atoms with E-state index in [0.29, 0.717) is 5.56 Å². The lowest BCUT2D eigenvalue weighted by Crippen LogP contribution is -2.09. The van der Waals surface area contributed by atoms with Crippen LogP contribution in [0, 0.1) is 16.7 Å². The Labute approximate surface area is 146 Å². The SMILES string of the molecule is CC1(C)C(C(=O)c2cn(CCCC(F)(F)F)c3ccccc23)C1(C)C. The first kappa shape index (κ1) is 18.0. The molecule has 1 saturated carbocycles. The molecule has 0 aliphatic heterocycles. The predicted molar refractivity (Wildman–Crippen MR) is 92.6 cm³/mol. The molecular weight excluding hydrogens is 327 g/mol. The lowest BCUT2D eigenvalue weighted by atomic mass is 10.0. The Morgan fingerprint density at radius 2 is 1.72 bits per heavy atom. The normalized spacial score (nSPS) is 19.3. The number of aryl methyl sites for hydroxylation is 1. The first-order valence-electron chi connectivity index (χ1n) is 8.65. The lowest BCUT2D eigenvalue weighted by Gasteiger charge is -2.07. The first-order chi connectivity index (χ1) is 11.5. The molecule has 0 saturated heterocycles. The smallest absolute Gasteiger partial charge is 0.347 e. The van der Waals surface area contributed by atoms with Gasteiger partial charge in [0.15, 0.2) is 5.78 Å². The van der Waals surface area contributed by atoms with Crippen molar-refractivity contribution in [2.24, 2.45) is 16.7 Å². The number of Topliss-reactive ketones (excluding diaryl/α,β-unsaturated/α-hetero) is 1. The zero-order valence-corrected chi connectivity index (χ0v) is 15.1. The molecule has 0 bridgehead atoms. The van der Waals surface area contributed by atoms with E-state index in [-0.39, 0.29) is 35.5 Å². The molecule has 3 rings (SSSR count). The van der Waals surface area contributed by atoms with Gasteiger partial charge in [-0.1, -0.05) is 45.9 Å². The highest BCUT2D eigenvalue weighted by molar-refractivity contribution is 6.11. The molecular formula is C20H24F3NO. The zero-order chi connectivity index (χ0) is 18.6. The second-order valence-corrected chi connectivity index (χ2v) is 8.21. The number of alkyl halides is 3. The molecule has 25 heavy (non-hydrogen) atoms. The summed E-state index contributed by atoms with van der Waals surface area (Å²) in [6.07, 6.45) is -3.21. The highest BCUT2D eigenvalue weighted by Gasteiger charge is 2.68. The number of aromatic nitrogens is 1. The Morgan fingerprint density at radius 1 is 1.12 bits per heavy atom. The van der Waals surface area contributed by atoms with E-state index in [1.807, 2.05) is 24.3 Å². The van der Waals surface area contributed by atoms with E-state index in [1.165, 1.54) is 0 Å². The minimum Gasteiger partial charge on any atom is -0.347 e. The fraction of sp³-hybridized carbons (Fsp3) is 0.550. The van der Waals surface area contributed by atoms with Crippen LogP contribution in [0.1, 0.15) is 50.9 Å². The van der Waals surface area contributed by atoms with Crippen molar-refractivity contribution in [1.29, 1.82) is 0 Å². The highest BCUT2D eigenvalue weighted by atomic mass is 19.4. The number of carbonyl (C=O) groups is 1. The number of benzene rings is 1. The van der Waals surface area contributed by atoms with E-state index in [2.05, 4.69) is 27.7 Å². The van der Waals surface area contributed by atoms with Crippen molar-refractivity contribution in [1.82, 2.24) is 4.57 Å². The van der Waals surface area contributed by atoms with Crippen LogP contribution in [0.15, 0.2) is 30.5 Å². The quantitative estimate of drug-likeness (QED) is 0.620. The third-order valence-electron chi connectivity index (χ3n) is 6.20. The summed E-state index contributed by atoms with van der Waals surface area (Å²) in [4.78, 5) is 13.1. The number of fused-ring (bicyclic) bond motifs is 1. The Balaban J connectivity index is 1.91. The summed E-state index contributed by atoms with van der Waals surface area (Å²) in [5, 5.41) is 0.831. The zero-order valence-electron chi connectivity index (χ0n) is 15.1. The van der Waals surface area contributed by atoms with E-state index in [4.69, 9.17) is 0 Å². The minimum absolute atomic E-state index is 0.0101. The maximum Gasteiger partial charge on any atom is 0.389 e. The molecule has 1 aromatic heterocycles. The summed E-state index contributed by atoms with van der Waals surface area (Å²) < 4.78 is 39.1. The van der Waals surface area contributed by atoms with Crippen LogP contribution < -0.4 is 0 Å². The van der Waals surface area contributed by atoms with Crippen LogP contribution in [0.4, 0.5) is 13.2 Å². The Bertz CT molecular complexity index is 800. The van der Waals surface area contributed by atoms with Crippen molar-refractivity contribution in [3.8, 4) is 0 Å². The second kappa shape index (κ2) is 5.61. The molecule has 0 atom stereocenters. The molecule has 0 amide bonds. The summed E-state index contributed by atoms with van der Waals surface area (Å²) in [5.41, 5.74) is 1.32. The Hall–Kier alpha value is -1.78. The molecule has 1 heterocycles. The number of halogens is 3. The maximum absolute atomic E-state index is 13.1. The van der Waals surface area contributed by atoms with Gasteiger partial charge in [0.1, 0.15) is 0 Å². The van der Waals surface area contributed by atoms with Gasteiger partial charge in [0.2, 0.25) is 0 Å². The van der Waals surface area contributed by atoms with Gasteiger partial charge in [0, 0.05) is 41.5 Å². The highest BCUT2D eigenvalue weighted by Crippen LogP contribution is 2.69. The molecule has 1 fully saturated rings. The summed E-state index contributed by atoms with van der Waals surface area (Å²) in [6, 6.07) is 7.46. The molecule has 2 aromatic rings. The third-order valence-corrected chi connectivity index (χ3v) is 6.20. The molecule has 5 heteroatoms. The maximum atomic E-state index is 13.1. The van der Waals surface area contributed by atoms with Crippen LogP contribution in [-0.4, -0.2) is 16.5 Å². The van der Waals surface area contributed by atoms with Gasteiger partial charge in [0.05, 0.1) is 0 Å². The van der Waals surface area contributed by atoms with Crippen molar-refractivity contribution >= 4 is 16.7 Å². The van der Waals surface area contributed by atoms with Gasteiger partial charge in [-0.25, -0.2) is 0 Å². The van der Waals surface area contributed by atoms with Crippen LogP contribution in [0.5, 0.6) is 0 Å². The van der Waals surface area contributed by atoms with Crippen molar-refractivity contribution in [2.75, 3.05) is 0 Å². The third kappa shape index (κ3) is 2.98. The fourth-order valence-electron chi connectivity index (χ4n) is 4.09. The first-order valence-corrected chi connectivity index (χ1v) is 8.65. The summed E-state index contributed by atoms with van der Waals surface area (Å²) in [7, 11) is 0. The summed E-state index contributed by atoms with van der Waals surface area (Å²) >= 11 is 0. The molecule has 1 aliphatic carbocycles. The van der Waals surface area contributed by atoms with Crippen molar-refractivity contribution in [2.45, 2.75) is 53.3 Å². The van der Waals surface area contributed by atoms with Gasteiger partial charge in [-0.2, -0.15) is 13.2 Å². The molecule has 1 aromatic carbocycles. The van der Waals surface area contributed by atoms with Gasteiger partial charge in [0.25, 0.3) is 0 Å². The monoisotopic (exact) mass is 351 g/mol. The number of carbonyl (C=O) groups excluding carboxylic acids is 1. The largest absolute Gasteiger partial charge is 0.389 e. The van der Waals surface area contributed by atoms with Crippen LogP contribution in [0.3, 0.4) is 0 Å². The predicted octanol–water partition coefficient (Wildman–Crippen LogP) is 5.85. The van der Waals surface area contributed by atoms with Gasteiger partial charge < -0.3 is 4.57 Å². The number of nitrogens with zero attached hydrogens (tertiary/aromatic N) is 1. The van der Waals surface area contributed by atoms with E-state index in [0.717, 1.165) is 10.9 Å².